The highest BCUT2D eigenvalue weighted by Crippen LogP contribution is 2.19. The lowest BCUT2D eigenvalue weighted by molar-refractivity contribution is -0.122. The van der Waals surface area contributed by atoms with Gasteiger partial charge >= 0.3 is 5.76 Å². The van der Waals surface area contributed by atoms with Gasteiger partial charge in [0.25, 0.3) is 0 Å². The van der Waals surface area contributed by atoms with Crippen LogP contribution in [0.5, 0.6) is 0 Å². The molecule has 0 aliphatic rings. The molecule has 1 heterocycles. The summed E-state index contributed by atoms with van der Waals surface area (Å²) in [6.07, 6.45) is 0.968. The zero-order chi connectivity index (χ0) is 17.8. The Kier molecular flexibility index (Phi) is 5.24. The fourth-order valence-electron chi connectivity index (χ4n) is 2.82. The van der Waals surface area contributed by atoms with Crippen molar-refractivity contribution >= 4 is 28.6 Å². The molecule has 0 bridgehead atoms. The molecule has 1 N–H and O–H groups in total. The Bertz CT molecular complexity index is 928. The second kappa shape index (κ2) is 7.57. The Morgan fingerprint density at radius 2 is 1.92 bits per heavy atom. The molecule has 25 heavy (non-hydrogen) atoms. The average molecular weight is 359 g/mol. The number of carbonyl (C=O) groups excluding carboxylic acids is 1. The fourth-order valence-corrected chi connectivity index (χ4v) is 2.95. The predicted octanol–water partition coefficient (Wildman–Crippen LogP) is 3.91. The third kappa shape index (κ3) is 3.94. The summed E-state index contributed by atoms with van der Waals surface area (Å²) < 4.78 is 6.66. The van der Waals surface area contributed by atoms with Gasteiger partial charge in [-0.1, -0.05) is 42.8 Å². The van der Waals surface area contributed by atoms with E-state index < -0.39 is 5.76 Å². The Morgan fingerprint density at radius 1 is 1.20 bits per heavy atom. The summed E-state index contributed by atoms with van der Waals surface area (Å²) in [7, 11) is 0. The van der Waals surface area contributed by atoms with Crippen molar-refractivity contribution in [2.45, 2.75) is 32.4 Å². The van der Waals surface area contributed by atoms with Gasteiger partial charge in [0.2, 0.25) is 5.91 Å². The molecule has 1 aromatic heterocycles. The summed E-state index contributed by atoms with van der Waals surface area (Å²) in [6.45, 7) is 2.28. The standard InChI is InChI=1S/C19H19ClN2O3/c1-2-15(13-7-9-14(20)10-8-13)21-18(23)11-12-22-16-5-3-4-6-17(16)25-19(22)24/h3-10,15H,2,11-12H2,1H3,(H,21,23). The van der Waals surface area contributed by atoms with Crippen molar-refractivity contribution in [3.63, 3.8) is 0 Å². The van der Waals surface area contributed by atoms with E-state index in [1.54, 1.807) is 18.2 Å². The van der Waals surface area contributed by atoms with E-state index in [4.69, 9.17) is 16.0 Å². The van der Waals surface area contributed by atoms with E-state index in [0.29, 0.717) is 16.1 Å². The summed E-state index contributed by atoms with van der Waals surface area (Å²) >= 11 is 5.91. The number of hydrogen-bond acceptors (Lipinski definition) is 3. The van der Waals surface area contributed by atoms with Crippen LogP contribution < -0.4 is 11.1 Å². The lowest BCUT2D eigenvalue weighted by atomic mass is 10.0. The van der Waals surface area contributed by atoms with Crippen LogP contribution in [0, 0.1) is 0 Å². The first-order valence-corrected chi connectivity index (χ1v) is 8.59. The highest BCUT2D eigenvalue weighted by atomic mass is 35.5. The van der Waals surface area contributed by atoms with E-state index in [1.807, 2.05) is 37.3 Å². The minimum Gasteiger partial charge on any atom is -0.408 e. The molecule has 0 aliphatic carbocycles. The van der Waals surface area contributed by atoms with Gasteiger partial charge in [-0.05, 0) is 36.2 Å². The molecule has 3 rings (SSSR count). The second-order valence-electron chi connectivity index (χ2n) is 5.82. The Morgan fingerprint density at radius 3 is 2.64 bits per heavy atom. The quantitative estimate of drug-likeness (QED) is 0.726. The molecule has 130 valence electrons. The number of nitrogens with zero attached hydrogens (tertiary/aromatic N) is 1. The van der Waals surface area contributed by atoms with Crippen molar-refractivity contribution in [2.24, 2.45) is 0 Å². The fraction of sp³-hybridized carbons (Fsp3) is 0.263. The molecule has 0 radical (unpaired) electrons. The van der Waals surface area contributed by atoms with E-state index >= 15 is 0 Å². The van der Waals surface area contributed by atoms with Crippen molar-refractivity contribution in [3.8, 4) is 0 Å². The predicted molar refractivity (Wildman–Crippen MR) is 97.7 cm³/mol. The Labute approximate surface area is 150 Å². The summed E-state index contributed by atoms with van der Waals surface area (Å²) in [5.74, 6) is -0.558. The van der Waals surface area contributed by atoms with Crippen molar-refractivity contribution in [1.29, 1.82) is 0 Å². The maximum Gasteiger partial charge on any atom is 0.419 e. The molecule has 0 saturated heterocycles. The number of carbonyl (C=O) groups is 1. The summed E-state index contributed by atoms with van der Waals surface area (Å²) in [5.41, 5.74) is 2.23. The number of amides is 1. The van der Waals surface area contributed by atoms with Crippen LogP contribution in [-0.4, -0.2) is 10.5 Å². The zero-order valence-corrected chi connectivity index (χ0v) is 14.6. The van der Waals surface area contributed by atoms with Crippen molar-refractivity contribution in [2.75, 3.05) is 0 Å². The van der Waals surface area contributed by atoms with Gasteiger partial charge in [-0.25, -0.2) is 4.79 Å². The van der Waals surface area contributed by atoms with E-state index in [2.05, 4.69) is 5.32 Å². The number of fused-ring (bicyclic) bond motifs is 1. The highest BCUT2D eigenvalue weighted by molar-refractivity contribution is 6.30. The number of rotatable bonds is 6. The number of para-hydroxylation sites is 2. The van der Waals surface area contributed by atoms with Crippen molar-refractivity contribution < 1.29 is 9.21 Å². The number of aromatic nitrogens is 1. The number of hydrogen-bond donors (Lipinski definition) is 1. The summed E-state index contributed by atoms with van der Waals surface area (Å²) in [4.78, 5) is 24.2. The monoisotopic (exact) mass is 358 g/mol. The van der Waals surface area contributed by atoms with Gasteiger partial charge < -0.3 is 9.73 Å². The molecule has 2 aromatic carbocycles. The van der Waals surface area contributed by atoms with Crippen LogP contribution in [0.2, 0.25) is 5.02 Å². The van der Waals surface area contributed by atoms with Crippen molar-refractivity contribution in [3.05, 3.63) is 69.7 Å². The third-order valence-electron chi connectivity index (χ3n) is 4.15. The van der Waals surface area contributed by atoms with Gasteiger partial charge in [0.1, 0.15) is 0 Å². The van der Waals surface area contributed by atoms with Gasteiger partial charge in [-0.2, -0.15) is 0 Å². The van der Waals surface area contributed by atoms with Crippen LogP contribution >= 0.6 is 11.6 Å². The molecular weight excluding hydrogens is 340 g/mol. The van der Waals surface area contributed by atoms with E-state index in [1.165, 1.54) is 4.57 Å². The molecule has 1 unspecified atom stereocenters. The summed E-state index contributed by atoms with van der Waals surface area (Å²) in [6, 6.07) is 14.5. The molecule has 3 aromatic rings. The molecule has 5 nitrogen and oxygen atoms in total. The molecule has 1 amide bonds. The van der Waals surface area contributed by atoms with Gasteiger partial charge in [-0.15, -0.1) is 0 Å². The zero-order valence-electron chi connectivity index (χ0n) is 13.9. The number of oxazole rings is 1. The number of nitrogens with one attached hydrogen (secondary N) is 1. The van der Waals surface area contributed by atoms with E-state index in [9.17, 15) is 9.59 Å². The normalized spacial score (nSPS) is 12.2. The molecule has 0 fully saturated rings. The second-order valence-corrected chi connectivity index (χ2v) is 6.25. The maximum absolute atomic E-state index is 12.3. The number of aryl methyl sites for hydroxylation is 1. The van der Waals surface area contributed by atoms with Crippen molar-refractivity contribution in [1.82, 2.24) is 9.88 Å². The molecule has 1 atom stereocenters. The van der Waals surface area contributed by atoms with Crippen LogP contribution in [0.1, 0.15) is 31.4 Å². The van der Waals surface area contributed by atoms with Gasteiger partial charge in [0.05, 0.1) is 11.6 Å². The minimum atomic E-state index is -0.446. The first-order valence-electron chi connectivity index (χ1n) is 8.21. The molecule has 0 spiro atoms. The highest BCUT2D eigenvalue weighted by Gasteiger charge is 2.14. The van der Waals surface area contributed by atoms with Crippen LogP contribution in [0.4, 0.5) is 0 Å². The van der Waals surface area contributed by atoms with Crippen LogP contribution in [-0.2, 0) is 11.3 Å². The Balaban J connectivity index is 1.66. The van der Waals surface area contributed by atoms with E-state index in [-0.39, 0.29) is 24.9 Å². The lowest BCUT2D eigenvalue weighted by Gasteiger charge is -2.17. The average Bonchev–Trinajstić information content (AvgIpc) is 2.94. The molecule has 0 aliphatic heterocycles. The van der Waals surface area contributed by atoms with Crippen LogP contribution in [0.3, 0.4) is 0 Å². The SMILES string of the molecule is CCC(NC(=O)CCn1c(=O)oc2ccccc21)c1ccc(Cl)cc1. The summed E-state index contributed by atoms with van der Waals surface area (Å²) in [5, 5.41) is 3.67. The molecule has 6 heteroatoms. The minimum absolute atomic E-state index is 0.0809. The largest absolute Gasteiger partial charge is 0.419 e. The topological polar surface area (TPSA) is 64.2 Å². The Hall–Kier alpha value is -2.53. The van der Waals surface area contributed by atoms with Crippen LogP contribution in [0.25, 0.3) is 11.1 Å². The lowest BCUT2D eigenvalue weighted by Crippen LogP contribution is -2.29. The molecule has 0 saturated carbocycles. The first kappa shape index (κ1) is 17.3. The smallest absolute Gasteiger partial charge is 0.408 e. The van der Waals surface area contributed by atoms with Gasteiger partial charge in [0.15, 0.2) is 5.58 Å². The number of halogens is 1. The first-order chi connectivity index (χ1) is 12.1. The maximum atomic E-state index is 12.3. The van der Waals surface area contributed by atoms with E-state index in [0.717, 1.165) is 12.0 Å². The van der Waals surface area contributed by atoms with Gasteiger partial charge in [0, 0.05) is 18.0 Å². The van der Waals surface area contributed by atoms with Crippen LogP contribution in [0.15, 0.2) is 57.7 Å². The number of benzene rings is 2. The third-order valence-corrected chi connectivity index (χ3v) is 4.40. The molecular formula is C19H19ClN2O3. The van der Waals surface area contributed by atoms with Gasteiger partial charge in [-0.3, -0.25) is 9.36 Å².